The third-order valence-corrected chi connectivity index (χ3v) is 2.97. The lowest BCUT2D eigenvalue weighted by Gasteiger charge is -2.11. The summed E-state index contributed by atoms with van der Waals surface area (Å²) in [7, 11) is 0. The van der Waals surface area contributed by atoms with E-state index in [1.54, 1.807) is 44.3 Å². The molecule has 2 rings (SSSR count). The topological polar surface area (TPSA) is 59.3 Å². The summed E-state index contributed by atoms with van der Waals surface area (Å²) in [6.45, 7) is 3.44. The number of hydrogen-bond donors (Lipinski definition) is 1. The second-order valence-electron chi connectivity index (χ2n) is 4.13. The van der Waals surface area contributed by atoms with E-state index in [1.165, 1.54) is 4.57 Å². The Morgan fingerprint density at radius 2 is 1.78 bits per heavy atom. The maximum atomic E-state index is 12.2. The zero-order valence-electron chi connectivity index (χ0n) is 10.2. The number of aromatic carboxylic acids is 1. The molecule has 1 N–H and O–H groups in total. The summed E-state index contributed by atoms with van der Waals surface area (Å²) in [6, 6.07) is 8.98. The number of carboxylic acids is 1. The van der Waals surface area contributed by atoms with Gasteiger partial charge in [0.25, 0.3) is 5.56 Å². The third kappa shape index (κ3) is 1.93. The molecule has 92 valence electrons. The fraction of sp³-hybridized carbons (Fsp3) is 0.143. The van der Waals surface area contributed by atoms with Crippen LogP contribution in [-0.2, 0) is 0 Å². The van der Waals surface area contributed by atoms with Crippen molar-refractivity contribution in [1.82, 2.24) is 4.57 Å². The van der Waals surface area contributed by atoms with Crippen molar-refractivity contribution in [2.75, 3.05) is 0 Å². The lowest BCUT2D eigenvalue weighted by atomic mass is 10.1. The summed E-state index contributed by atoms with van der Waals surface area (Å²) < 4.78 is 1.37. The van der Waals surface area contributed by atoms with Gasteiger partial charge >= 0.3 is 5.97 Å². The zero-order valence-corrected chi connectivity index (χ0v) is 10.2. The molecular formula is C14H13NO3. The van der Waals surface area contributed by atoms with E-state index in [1.807, 2.05) is 6.07 Å². The molecule has 18 heavy (non-hydrogen) atoms. The predicted octanol–water partition coefficient (Wildman–Crippen LogP) is 2.15. The Balaban J connectivity index is 2.79. The molecular weight excluding hydrogens is 230 g/mol. The highest BCUT2D eigenvalue weighted by atomic mass is 16.4. The van der Waals surface area contributed by atoms with Crippen molar-refractivity contribution in [3.05, 3.63) is 63.6 Å². The first-order valence-corrected chi connectivity index (χ1v) is 5.54. The largest absolute Gasteiger partial charge is 0.477 e. The van der Waals surface area contributed by atoms with Crippen molar-refractivity contribution in [2.24, 2.45) is 0 Å². The molecule has 4 nitrogen and oxygen atoms in total. The maximum absolute atomic E-state index is 12.2. The van der Waals surface area contributed by atoms with E-state index in [-0.39, 0.29) is 5.56 Å². The van der Waals surface area contributed by atoms with E-state index < -0.39 is 11.5 Å². The van der Waals surface area contributed by atoms with Crippen molar-refractivity contribution in [2.45, 2.75) is 13.8 Å². The van der Waals surface area contributed by atoms with E-state index >= 15 is 0 Å². The summed E-state index contributed by atoms with van der Waals surface area (Å²) in [5.41, 5.74) is 1.28. The van der Waals surface area contributed by atoms with E-state index in [0.29, 0.717) is 11.3 Å². The number of carboxylic acid groups (broad SMARTS) is 1. The Morgan fingerprint density at radius 1 is 1.17 bits per heavy atom. The van der Waals surface area contributed by atoms with Crippen LogP contribution in [0.15, 0.2) is 41.3 Å². The number of aromatic nitrogens is 1. The molecule has 0 amide bonds. The molecule has 0 fully saturated rings. The highest BCUT2D eigenvalue weighted by Gasteiger charge is 2.17. The smallest absolute Gasteiger partial charge is 0.341 e. The van der Waals surface area contributed by atoms with Gasteiger partial charge in [0.15, 0.2) is 0 Å². The average Bonchev–Trinajstić information content (AvgIpc) is 2.34. The highest BCUT2D eigenvalue weighted by molar-refractivity contribution is 5.89. The minimum absolute atomic E-state index is 0.168. The van der Waals surface area contributed by atoms with Gasteiger partial charge in [0.1, 0.15) is 5.56 Å². The minimum atomic E-state index is -1.19. The number of pyridine rings is 1. The second kappa shape index (κ2) is 4.49. The van der Waals surface area contributed by atoms with Crippen LogP contribution in [0.25, 0.3) is 5.69 Å². The molecule has 0 saturated heterocycles. The lowest BCUT2D eigenvalue weighted by Crippen LogP contribution is -2.27. The van der Waals surface area contributed by atoms with Crippen LogP contribution in [0.5, 0.6) is 0 Å². The molecule has 0 bridgehead atoms. The third-order valence-electron chi connectivity index (χ3n) is 2.97. The summed E-state index contributed by atoms with van der Waals surface area (Å²) >= 11 is 0. The standard InChI is InChI=1S/C14H13NO3/c1-9-8-15(11-6-4-3-5-7-11)13(16)12(10(9)2)14(17)18/h3-8H,1-2H3,(H,17,18). The predicted molar refractivity (Wildman–Crippen MR) is 68.5 cm³/mol. The van der Waals surface area contributed by atoms with Crippen molar-refractivity contribution < 1.29 is 9.90 Å². The molecule has 0 radical (unpaired) electrons. The van der Waals surface area contributed by atoms with E-state index in [9.17, 15) is 9.59 Å². The van der Waals surface area contributed by atoms with Gasteiger partial charge in [0.05, 0.1) is 0 Å². The van der Waals surface area contributed by atoms with Gasteiger partial charge < -0.3 is 5.11 Å². The number of aryl methyl sites for hydroxylation is 1. The first-order valence-electron chi connectivity index (χ1n) is 5.54. The normalized spacial score (nSPS) is 10.3. The number of carbonyl (C=O) groups is 1. The van der Waals surface area contributed by atoms with E-state index in [2.05, 4.69) is 0 Å². The molecule has 1 heterocycles. The molecule has 1 aromatic heterocycles. The Hall–Kier alpha value is -2.36. The maximum Gasteiger partial charge on any atom is 0.341 e. The van der Waals surface area contributed by atoms with E-state index in [0.717, 1.165) is 5.56 Å². The van der Waals surface area contributed by atoms with Gasteiger partial charge in [-0.25, -0.2) is 4.79 Å². The zero-order chi connectivity index (χ0) is 13.3. The van der Waals surface area contributed by atoms with Crippen LogP contribution >= 0.6 is 0 Å². The quantitative estimate of drug-likeness (QED) is 0.879. The molecule has 1 aromatic carbocycles. The minimum Gasteiger partial charge on any atom is -0.477 e. The van der Waals surface area contributed by atoms with Crippen LogP contribution in [0.1, 0.15) is 21.5 Å². The van der Waals surface area contributed by atoms with Gasteiger partial charge in [0, 0.05) is 11.9 Å². The molecule has 0 atom stereocenters. The molecule has 0 unspecified atom stereocenters. The number of para-hydroxylation sites is 1. The van der Waals surface area contributed by atoms with Crippen LogP contribution in [0, 0.1) is 13.8 Å². The van der Waals surface area contributed by atoms with Crippen molar-refractivity contribution in [3.8, 4) is 5.69 Å². The van der Waals surface area contributed by atoms with Crippen LogP contribution in [0.3, 0.4) is 0 Å². The lowest BCUT2D eigenvalue weighted by molar-refractivity contribution is 0.0693. The Labute approximate surface area is 104 Å². The Bertz CT molecular complexity index is 657. The molecule has 0 spiro atoms. The number of rotatable bonds is 2. The molecule has 0 aliphatic rings. The Morgan fingerprint density at radius 3 is 2.33 bits per heavy atom. The SMILES string of the molecule is Cc1cn(-c2ccccc2)c(=O)c(C(=O)O)c1C. The van der Waals surface area contributed by atoms with Crippen molar-refractivity contribution >= 4 is 5.97 Å². The summed E-state index contributed by atoms with van der Waals surface area (Å²) in [6.07, 6.45) is 1.67. The molecule has 4 heteroatoms. The number of nitrogens with zero attached hydrogens (tertiary/aromatic N) is 1. The molecule has 0 aliphatic carbocycles. The summed E-state index contributed by atoms with van der Waals surface area (Å²) in [5.74, 6) is -1.19. The molecule has 0 saturated carbocycles. The van der Waals surface area contributed by atoms with Crippen LogP contribution < -0.4 is 5.56 Å². The first-order chi connectivity index (χ1) is 8.52. The van der Waals surface area contributed by atoms with Crippen molar-refractivity contribution in [3.63, 3.8) is 0 Å². The fourth-order valence-electron chi connectivity index (χ4n) is 1.86. The number of benzene rings is 1. The van der Waals surface area contributed by atoms with Gasteiger partial charge in [-0.1, -0.05) is 18.2 Å². The molecule has 2 aromatic rings. The van der Waals surface area contributed by atoms with Gasteiger partial charge in [-0.3, -0.25) is 9.36 Å². The van der Waals surface area contributed by atoms with Gasteiger partial charge in [-0.05, 0) is 37.1 Å². The molecule has 0 aliphatic heterocycles. The van der Waals surface area contributed by atoms with Crippen LogP contribution in [0.2, 0.25) is 0 Å². The highest BCUT2D eigenvalue weighted by Crippen LogP contribution is 2.12. The van der Waals surface area contributed by atoms with Crippen LogP contribution in [-0.4, -0.2) is 15.6 Å². The van der Waals surface area contributed by atoms with Gasteiger partial charge in [-0.15, -0.1) is 0 Å². The number of hydrogen-bond acceptors (Lipinski definition) is 2. The summed E-state index contributed by atoms with van der Waals surface area (Å²) in [5, 5.41) is 9.13. The van der Waals surface area contributed by atoms with Gasteiger partial charge in [-0.2, -0.15) is 0 Å². The average molecular weight is 243 g/mol. The first kappa shape index (κ1) is 12.1. The van der Waals surface area contributed by atoms with E-state index in [4.69, 9.17) is 5.11 Å². The summed E-state index contributed by atoms with van der Waals surface area (Å²) in [4.78, 5) is 23.3. The van der Waals surface area contributed by atoms with Crippen molar-refractivity contribution in [1.29, 1.82) is 0 Å². The van der Waals surface area contributed by atoms with Gasteiger partial charge in [0.2, 0.25) is 0 Å². The monoisotopic (exact) mass is 243 g/mol. The fourth-order valence-corrected chi connectivity index (χ4v) is 1.86. The second-order valence-corrected chi connectivity index (χ2v) is 4.13. The Kier molecular flexibility index (Phi) is 3.02. The van der Waals surface area contributed by atoms with Crippen LogP contribution in [0.4, 0.5) is 0 Å².